The van der Waals surface area contributed by atoms with Crippen LogP contribution in [0.4, 0.5) is 23.8 Å². The van der Waals surface area contributed by atoms with E-state index < -0.39 is 29.5 Å². The number of nitrogen functional groups attached to an aromatic ring is 1. The molecular weight excluding hydrogens is 505 g/mol. The number of morpholine rings is 1. The summed E-state index contributed by atoms with van der Waals surface area (Å²) >= 11 is 0. The molecule has 4 rings (SSSR count). The molecule has 2 saturated heterocycles. The van der Waals surface area contributed by atoms with Crippen LogP contribution in [0, 0.1) is 5.92 Å². The Balaban J connectivity index is 1.56. The summed E-state index contributed by atoms with van der Waals surface area (Å²) in [6.07, 6.45) is -3.80. The third kappa shape index (κ3) is 6.73. The van der Waals surface area contributed by atoms with Gasteiger partial charge in [-0.2, -0.15) is 13.2 Å². The largest absolute Gasteiger partial charge is 0.444 e. The first-order valence-corrected chi connectivity index (χ1v) is 12.8. The lowest BCUT2D eigenvalue weighted by Gasteiger charge is -2.37. The summed E-state index contributed by atoms with van der Waals surface area (Å²) in [5.41, 5.74) is 4.15. The van der Waals surface area contributed by atoms with E-state index >= 15 is 0 Å². The molecule has 10 nitrogen and oxygen atoms in total. The molecule has 2 fully saturated rings. The summed E-state index contributed by atoms with van der Waals surface area (Å²) in [5.74, 6) is -0.505. The van der Waals surface area contributed by atoms with Gasteiger partial charge in [-0.1, -0.05) is 6.92 Å². The highest BCUT2D eigenvalue weighted by atomic mass is 19.4. The molecule has 0 bridgehead atoms. The number of rotatable bonds is 3. The zero-order valence-electron chi connectivity index (χ0n) is 22.1. The molecule has 0 radical (unpaired) electrons. The minimum atomic E-state index is -4.65. The van der Waals surface area contributed by atoms with Gasteiger partial charge in [0.15, 0.2) is 6.23 Å². The molecule has 13 heteroatoms. The number of likely N-dealkylation sites (tertiary alicyclic amines) is 1. The lowest BCUT2D eigenvalue weighted by Crippen LogP contribution is -2.47. The number of aliphatic imine (C=N–C) groups is 2. The van der Waals surface area contributed by atoms with E-state index in [-0.39, 0.29) is 29.3 Å². The van der Waals surface area contributed by atoms with E-state index in [2.05, 4.69) is 9.98 Å². The van der Waals surface area contributed by atoms with Crippen LogP contribution in [-0.2, 0) is 20.4 Å². The van der Waals surface area contributed by atoms with Gasteiger partial charge in [0.05, 0.1) is 30.6 Å². The van der Waals surface area contributed by atoms with Crippen LogP contribution in [0.15, 0.2) is 22.2 Å². The molecule has 38 heavy (non-hydrogen) atoms. The van der Waals surface area contributed by atoms with Crippen LogP contribution in [0.2, 0.25) is 0 Å². The third-order valence-corrected chi connectivity index (χ3v) is 6.55. The van der Waals surface area contributed by atoms with Crippen molar-refractivity contribution in [2.75, 3.05) is 45.1 Å². The Kier molecular flexibility index (Phi) is 8.17. The van der Waals surface area contributed by atoms with E-state index in [1.165, 1.54) is 0 Å². The molecule has 0 saturated carbocycles. The second-order valence-electron chi connectivity index (χ2n) is 10.7. The fourth-order valence-electron chi connectivity index (χ4n) is 4.58. The molecule has 4 heterocycles. The number of nitrogens with two attached hydrogens (primary N) is 1. The van der Waals surface area contributed by atoms with E-state index in [4.69, 9.17) is 24.9 Å². The monoisotopic (exact) mass is 540 g/mol. The van der Waals surface area contributed by atoms with Crippen LogP contribution in [0.25, 0.3) is 0 Å². The molecule has 1 aromatic rings. The molecule has 1 aromatic heterocycles. The van der Waals surface area contributed by atoms with E-state index in [1.54, 1.807) is 11.8 Å². The second kappa shape index (κ2) is 11.0. The number of anilines is 1. The first kappa shape index (κ1) is 28.1. The number of carbonyl (C=O) groups is 1. The average molecular weight is 541 g/mol. The molecular formula is C25H35F3N6O4. The number of amides is 1. The highest BCUT2D eigenvalue weighted by Crippen LogP contribution is 2.36. The fourth-order valence-corrected chi connectivity index (χ4v) is 4.58. The lowest BCUT2D eigenvalue weighted by atomic mass is 9.93. The highest BCUT2D eigenvalue weighted by Gasteiger charge is 2.40. The van der Waals surface area contributed by atoms with Crippen molar-refractivity contribution >= 4 is 23.6 Å². The molecule has 2 N–H and O–H groups in total. The van der Waals surface area contributed by atoms with Gasteiger partial charge in [-0.15, -0.1) is 0 Å². The van der Waals surface area contributed by atoms with Gasteiger partial charge in [-0.3, -0.25) is 0 Å². The van der Waals surface area contributed by atoms with Crippen LogP contribution < -0.4 is 5.73 Å². The van der Waals surface area contributed by atoms with Gasteiger partial charge in [0.2, 0.25) is 5.96 Å². The van der Waals surface area contributed by atoms with Crippen molar-refractivity contribution in [2.45, 2.75) is 64.6 Å². The van der Waals surface area contributed by atoms with E-state index in [0.29, 0.717) is 58.2 Å². The molecule has 1 amide bonds. The Bertz CT molecular complexity index is 1070. The summed E-state index contributed by atoms with van der Waals surface area (Å²) in [6, 6.07) is 0.826. The summed E-state index contributed by atoms with van der Waals surface area (Å²) in [5, 5.41) is 0. The number of ether oxygens (including phenoxy) is 3. The van der Waals surface area contributed by atoms with Crippen molar-refractivity contribution in [1.29, 1.82) is 0 Å². The predicted molar refractivity (Wildman–Crippen MR) is 135 cm³/mol. The van der Waals surface area contributed by atoms with Crippen LogP contribution in [-0.4, -0.2) is 89.9 Å². The number of guanidine groups is 1. The Morgan fingerprint density at radius 3 is 2.39 bits per heavy atom. The Morgan fingerprint density at radius 2 is 1.79 bits per heavy atom. The smallest absolute Gasteiger partial charge is 0.417 e. The van der Waals surface area contributed by atoms with Gasteiger partial charge in [0.1, 0.15) is 11.4 Å². The first-order valence-electron chi connectivity index (χ1n) is 12.8. The van der Waals surface area contributed by atoms with E-state index in [1.807, 2.05) is 25.7 Å². The van der Waals surface area contributed by atoms with Gasteiger partial charge in [-0.05, 0) is 39.7 Å². The summed E-state index contributed by atoms with van der Waals surface area (Å²) in [6.45, 7) is 10.0. The maximum absolute atomic E-state index is 14.0. The zero-order chi connectivity index (χ0) is 27.7. The third-order valence-electron chi connectivity index (χ3n) is 6.55. The second-order valence-corrected chi connectivity index (χ2v) is 10.7. The topological polar surface area (TPSA) is 115 Å². The Hall–Kier alpha value is -2.93. The average Bonchev–Trinajstić information content (AvgIpc) is 2.85. The van der Waals surface area contributed by atoms with Crippen molar-refractivity contribution < 1.29 is 32.2 Å². The number of carbonyl (C=O) groups excluding carboxylic acids is 1. The molecule has 3 aliphatic heterocycles. The van der Waals surface area contributed by atoms with Gasteiger partial charge in [-0.25, -0.2) is 19.8 Å². The van der Waals surface area contributed by atoms with Gasteiger partial charge in [0, 0.05) is 43.9 Å². The number of alkyl halides is 3. The predicted octanol–water partition coefficient (Wildman–Crippen LogP) is 3.55. The van der Waals surface area contributed by atoms with Crippen LogP contribution >= 0.6 is 0 Å². The first-order chi connectivity index (χ1) is 17.8. The Labute approximate surface area is 220 Å². The standard InChI is InChI=1S/C25H35F3N6O4/c1-15-20(17-14-30-19(29)13-18(17)25(26,27)28)31-22(33-9-11-36-12-10-33)32-21(15)37-16-5-7-34(8-6-16)23(35)38-24(2,3)4/h13-16,21H,5-12H2,1-4H3,(H2,29,30). The molecule has 2 atom stereocenters. The van der Waals surface area contributed by atoms with E-state index in [9.17, 15) is 18.0 Å². The fraction of sp³-hybridized carbons (Fsp3) is 0.680. The van der Waals surface area contributed by atoms with Crippen molar-refractivity contribution in [1.82, 2.24) is 14.8 Å². The highest BCUT2D eigenvalue weighted by molar-refractivity contribution is 6.10. The number of hydrogen-bond acceptors (Lipinski definition) is 9. The normalized spacial score (nSPS) is 23.7. The quantitative estimate of drug-likeness (QED) is 0.624. The summed E-state index contributed by atoms with van der Waals surface area (Å²) in [4.78, 5) is 29.2. The SMILES string of the molecule is CC1C(c2cnc(N)cc2C(F)(F)F)=NC(N2CCOCC2)=NC1OC1CCN(C(=O)OC(C)(C)C)CC1. The number of nitrogens with zero attached hydrogens (tertiary/aromatic N) is 5. The van der Waals surface area contributed by atoms with E-state index in [0.717, 1.165) is 12.3 Å². The van der Waals surface area contributed by atoms with Gasteiger partial charge in [0.25, 0.3) is 0 Å². The minimum absolute atomic E-state index is 0.145. The zero-order valence-corrected chi connectivity index (χ0v) is 22.1. The molecule has 0 aliphatic carbocycles. The summed E-state index contributed by atoms with van der Waals surface area (Å²) < 4.78 is 59.1. The minimum Gasteiger partial charge on any atom is -0.444 e. The number of aromatic nitrogens is 1. The Morgan fingerprint density at radius 1 is 1.13 bits per heavy atom. The molecule has 210 valence electrons. The van der Waals surface area contributed by atoms with Gasteiger partial charge >= 0.3 is 12.3 Å². The molecule has 0 spiro atoms. The number of halogens is 3. The van der Waals surface area contributed by atoms with Crippen molar-refractivity contribution in [3.8, 4) is 0 Å². The maximum atomic E-state index is 14.0. The van der Waals surface area contributed by atoms with Crippen LogP contribution in [0.1, 0.15) is 51.7 Å². The number of pyridine rings is 1. The van der Waals surface area contributed by atoms with Gasteiger partial charge < -0.3 is 29.7 Å². The molecule has 2 unspecified atom stereocenters. The molecule has 3 aliphatic rings. The van der Waals surface area contributed by atoms with Crippen molar-refractivity contribution in [2.24, 2.45) is 15.9 Å². The number of piperidine rings is 1. The van der Waals surface area contributed by atoms with Crippen molar-refractivity contribution in [3.05, 3.63) is 23.4 Å². The molecule has 0 aromatic carbocycles. The number of hydrogen-bond donors (Lipinski definition) is 1. The summed E-state index contributed by atoms with van der Waals surface area (Å²) in [7, 11) is 0. The lowest BCUT2D eigenvalue weighted by molar-refractivity contribution is -0.137. The maximum Gasteiger partial charge on any atom is 0.417 e. The van der Waals surface area contributed by atoms with Crippen LogP contribution in [0.3, 0.4) is 0 Å². The van der Waals surface area contributed by atoms with Crippen LogP contribution in [0.5, 0.6) is 0 Å². The van der Waals surface area contributed by atoms with Crippen molar-refractivity contribution in [3.63, 3.8) is 0 Å².